The van der Waals surface area contributed by atoms with E-state index in [0.29, 0.717) is 13.1 Å². The van der Waals surface area contributed by atoms with Gasteiger partial charge < -0.3 is 10.6 Å². The van der Waals surface area contributed by atoms with Gasteiger partial charge in [-0.1, -0.05) is 12.2 Å². The molecule has 0 aromatic carbocycles. The number of amides is 2. The van der Waals surface area contributed by atoms with Crippen molar-refractivity contribution in [2.45, 2.75) is 13.8 Å². The molecule has 3 nitrogen and oxygen atoms in total. The lowest BCUT2D eigenvalue weighted by atomic mass is 10.5. The molecule has 0 radical (unpaired) electrons. The summed E-state index contributed by atoms with van der Waals surface area (Å²) in [6, 6.07) is -0.160. The molecular weight excluding hydrogens is 148 g/mol. The third-order valence-corrected chi connectivity index (χ3v) is 0.980. The van der Waals surface area contributed by atoms with Crippen LogP contribution >= 0.6 is 12.2 Å². The Morgan fingerprint density at radius 2 is 2.10 bits per heavy atom. The van der Waals surface area contributed by atoms with Gasteiger partial charge in [0, 0.05) is 11.4 Å². The molecule has 2 amide bonds. The molecule has 0 aliphatic carbocycles. The summed E-state index contributed by atoms with van der Waals surface area (Å²) in [6.07, 6.45) is 0. The Kier molecular flexibility index (Phi) is 4.84. The summed E-state index contributed by atoms with van der Waals surface area (Å²) in [5.74, 6) is 0. The van der Waals surface area contributed by atoms with E-state index in [1.165, 1.54) is 0 Å². The summed E-state index contributed by atoms with van der Waals surface area (Å²) in [5.41, 5.74) is 0. The second-order valence-corrected chi connectivity index (χ2v) is 2.61. The zero-order valence-corrected chi connectivity index (χ0v) is 7.05. The quantitative estimate of drug-likeness (QED) is 0.596. The van der Waals surface area contributed by atoms with E-state index >= 15 is 0 Å². The lowest BCUT2D eigenvalue weighted by molar-refractivity contribution is 0.243. The van der Waals surface area contributed by atoms with Crippen LogP contribution in [0.4, 0.5) is 4.79 Å². The maximum atomic E-state index is 10.7. The maximum Gasteiger partial charge on any atom is 0.315 e. The van der Waals surface area contributed by atoms with Gasteiger partial charge in [-0.05, 0) is 13.8 Å². The minimum atomic E-state index is -0.160. The molecular formula is C6H12N2OS. The van der Waals surface area contributed by atoms with Crippen LogP contribution in [0.2, 0.25) is 0 Å². The predicted molar refractivity (Wildman–Crippen MR) is 45.3 cm³/mol. The fourth-order valence-corrected chi connectivity index (χ4v) is 0.500. The van der Waals surface area contributed by atoms with Crippen LogP contribution in [0.3, 0.4) is 0 Å². The molecule has 0 fully saturated rings. The SMILES string of the molecule is CCNC(=O)NCC(C)=S. The summed E-state index contributed by atoms with van der Waals surface area (Å²) in [5, 5.41) is 5.18. The van der Waals surface area contributed by atoms with Gasteiger partial charge in [0.1, 0.15) is 0 Å². The molecule has 0 aliphatic rings. The van der Waals surface area contributed by atoms with Gasteiger partial charge in [-0.25, -0.2) is 4.79 Å². The van der Waals surface area contributed by atoms with Gasteiger partial charge >= 0.3 is 6.03 Å². The molecule has 58 valence electrons. The number of urea groups is 1. The van der Waals surface area contributed by atoms with E-state index in [1.807, 2.05) is 6.92 Å². The molecule has 0 atom stereocenters. The standard InChI is InChI=1S/C6H12N2OS/c1-3-7-6(9)8-4-5(2)10/h3-4H2,1-2H3,(H2,7,8,9). The van der Waals surface area contributed by atoms with E-state index in [9.17, 15) is 4.79 Å². The van der Waals surface area contributed by atoms with Crippen molar-refractivity contribution in [3.8, 4) is 0 Å². The first-order chi connectivity index (χ1) is 4.66. The molecule has 0 spiro atoms. The maximum absolute atomic E-state index is 10.7. The zero-order valence-electron chi connectivity index (χ0n) is 6.23. The van der Waals surface area contributed by atoms with Crippen LogP contribution in [-0.2, 0) is 0 Å². The van der Waals surface area contributed by atoms with Crippen molar-refractivity contribution in [3.05, 3.63) is 0 Å². The second kappa shape index (κ2) is 5.17. The fourth-order valence-electron chi connectivity index (χ4n) is 0.428. The molecule has 0 rings (SSSR count). The normalized spacial score (nSPS) is 8.60. The van der Waals surface area contributed by atoms with Gasteiger partial charge in [0.25, 0.3) is 0 Å². The molecule has 4 heteroatoms. The van der Waals surface area contributed by atoms with Crippen LogP contribution in [0, 0.1) is 0 Å². The topological polar surface area (TPSA) is 41.1 Å². The minimum absolute atomic E-state index is 0.160. The van der Waals surface area contributed by atoms with Crippen molar-refractivity contribution in [3.63, 3.8) is 0 Å². The molecule has 0 heterocycles. The van der Waals surface area contributed by atoms with Gasteiger partial charge in [-0.3, -0.25) is 0 Å². The molecule has 0 unspecified atom stereocenters. The van der Waals surface area contributed by atoms with E-state index in [-0.39, 0.29) is 6.03 Å². The second-order valence-electron chi connectivity index (χ2n) is 1.92. The first kappa shape index (κ1) is 9.36. The number of hydrogen-bond acceptors (Lipinski definition) is 2. The molecule has 2 N–H and O–H groups in total. The number of carbonyl (C=O) groups is 1. The molecule has 0 bridgehead atoms. The van der Waals surface area contributed by atoms with Gasteiger partial charge in [-0.15, -0.1) is 0 Å². The van der Waals surface area contributed by atoms with Gasteiger partial charge in [-0.2, -0.15) is 0 Å². The van der Waals surface area contributed by atoms with Gasteiger partial charge in [0.2, 0.25) is 0 Å². The smallest absolute Gasteiger partial charge is 0.315 e. The van der Waals surface area contributed by atoms with Crippen molar-refractivity contribution in [2.75, 3.05) is 13.1 Å². The van der Waals surface area contributed by atoms with Crippen molar-refractivity contribution < 1.29 is 4.79 Å². The summed E-state index contributed by atoms with van der Waals surface area (Å²) in [6.45, 7) is 4.77. The summed E-state index contributed by atoms with van der Waals surface area (Å²) in [4.78, 5) is 11.4. The molecule has 0 saturated carbocycles. The van der Waals surface area contributed by atoms with Crippen molar-refractivity contribution in [2.24, 2.45) is 0 Å². The number of nitrogens with one attached hydrogen (secondary N) is 2. The van der Waals surface area contributed by atoms with Crippen LogP contribution in [0.5, 0.6) is 0 Å². The van der Waals surface area contributed by atoms with E-state index in [2.05, 4.69) is 10.6 Å². The van der Waals surface area contributed by atoms with Crippen LogP contribution in [0.1, 0.15) is 13.8 Å². The molecule has 10 heavy (non-hydrogen) atoms. The van der Waals surface area contributed by atoms with Crippen LogP contribution in [0.15, 0.2) is 0 Å². The number of rotatable bonds is 3. The van der Waals surface area contributed by atoms with Crippen LogP contribution in [-0.4, -0.2) is 24.0 Å². The highest BCUT2D eigenvalue weighted by Crippen LogP contribution is 1.71. The van der Waals surface area contributed by atoms with Crippen LogP contribution in [0.25, 0.3) is 0 Å². The number of thiocarbonyl (C=S) groups is 1. The Balaban J connectivity index is 3.30. The van der Waals surface area contributed by atoms with E-state index in [4.69, 9.17) is 12.2 Å². The Morgan fingerprint density at radius 1 is 1.50 bits per heavy atom. The first-order valence-electron chi connectivity index (χ1n) is 3.18. The van der Waals surface area contributed by atoms with Crippen molar-refractivity contribution >= 4 is 23.1 Å². The Hall–Kier alpha value is -0.640. The lowest BCUT2D eigenvalue weighted by Crippen LogP contribution is -2.37. The Morgan fingerprint density at radius 3 is 2.50 bits per heavy atom. The average Bonchev–Trinajstić information content (AvgIpc) is 1.85. The van der Waals surface area contributed by atoms with Gasteiger partial charge in [0.15, 0.2) is 0 Å². The lowest BCUT2D eigenvalue weighted by Gasteiger charge is -2.02. The first-order valence-corrected chi connectivity index (χ1v) is 3.58. The third kappa shape index (κ3) is 5.50. The zero-order chi connectivity index (χ0) is 7.98. The molecule has 0 aromatic rings. The fraction of sp³-hybridized carbons (Fsp3) is 0.667. The highest BCUT2D eigenvalue weighted by molar-refractivity contribution is 7.80. The third-order valence-electron chi connectivity index (χ3n) is 0.835. The van der Waals surface area contributed by atoms with Gasteiger partial charge in [0.05, 0.1) is 6.54 Å². The number of carbonyl (C=O) groups excluding carboxylic acids is 1. The molecule has 0 aromatic heterocycles. The van der Waals surface area contributed by atoms with E-state index < -0.39 is 0 Å². The highest BCUT2D eigenvalue weighted by Gasteiger charge is 1.95. The summed E-state index contributed by atoms with van der Waals surface area (Å²) >= 11 is 4.76. The largest absolute Gasteiger partial charge is 0.338 e. The Labute approximate surface area is 66.2 Å². The monoisotopic (exact) mass is 160 g/mol. The average molecular weight is 160 g/mol. The van der Waals surface area contributed by atoms with Crippen molar-refractivity contribution in [1.82, 2.24) is 10.6 Å². The van der Waals surface area contributed by atoms with E-state index in [1.54, 1.807) is 6.92 Å². The predicted octanol–water partition coefficient (Wildman–Crippen LogP) is 0.695. The van der Waals surface area contributed by atoms with E-state index in [0.717, 1.165) is 4.86 Å². The Bertz CT molecular complexity index is 136. The molecule has 0 aliphatic heterocycles. The van der Waals surface area contributed by atoms with Crippen LogP contribution < -0.4 is 10.6 Å². The van der Waals surface area contributed by atoms with Crippen molar-refractivity contribution in [1.29, 1.82) is 0 Å². The highest BCUT2D eigenvalue weighted by atomic mass is 32.1. The minimum Gasteiger partial charge on any atom is -0.338 e. The number of hydrogen-bond donors (Lipinski definition) is 2. The summed E-state index contributed by atoms with van der Waals surface area (Å²) in [7, 11) is 0. The molecule has 0 saturated heterocycles. The summed E-state index contributed by atoms with van der Waals surface area (Å²) < 4.78 is 0.